The summed E-state index contributed by atoms with van der Waals surface area (Å²) < 4.78 is 5.74. The Morgan fingerprint density at radius 3 is 2.47 bits per heavy atom. The van der Waals surface area contributed by atoms with Crippen LogP contribution in [0.5, 0.6) is 0 Å². The molecule has 1 fully saturated rings. The molecule has 3 aromatic rings. The van der Waals surface area contributed by atoms with Crippen LogP contribution in [0.4, 0.5) is 10.5 Å². The molecular weight excluding hydrogens is 510 g/mol. The number of halogens is 1. The lowest BCUT2D eigenvalue weighted by molar-refractivity contribution is -0.133. The Balaban J connectivity index is 1.39. The van der Waals surface area contributed by atoms with E-state index < -0.39 is 29.6 Å². The Kier molecular flexibility index (Phi) is 6.77. The van der Waals surface area contributed by atoms with Crippen LogP contribution in [-0.2, 0) is 21.6 Å². The van der Waals surface area contributed by atoms with Crippen LogP contribution in [0.15, 0.2) is 72.8 Å². The van der Waals surface area contributed by atoms with E-state index in [1.165, 1.54) is 24.3 Å². The highest BCUT2D eigenvalue weighted by atomic mass is 35.5. The Hall–Kier alpha value is -4.37. The van der Waals surface area contributed by atoms with E-state index in [2.05, 4.69) is 10.6 Å². The lowest BCUT2D eigenvalue weighted by atomic mass is 9.90. The van der Waals surface area contributed by atoms with Gasteiger partial charge in [0.1, 0.15) is 6.04 Å². The van der Waals surface area contributed by atoms with E-state index in [9.17, 15) is 19.2 Å². The summed E-state index contributed by atoms with van der Waals surface area (Å²) in [6.07, 6.45) is 0.0154. The first-order chi connectivity index (χ1) is 18.2. The number of rotatable bonds is 6. The number of amides is 3. The number of fused-ring (bicyclic) bond motifs is 2. The van der Waals surface area contributed by atoms with E-state index in [4.69, 9.17) is 21.4 Å². The number of carbonyl (C=O) groups is 4. The smallest absolute Gasteiger partial charge is 0.412 e. The number of anilines is 1. The lowest BCUT2D eigenvalue weighted by Gasteiger charge is -2.35. The summed E-state index contributed by atoms with van der Waals surface area (Å²) in [5.41, 5.74) is 1.37. The van der Waals surface area contributed by atoms with Crippen LogP contribution in [0.1, 0.15) is 38.3 Å². The molecule has 1 unspecified atom stereocenters. The topological polar surface area (TPSA) is 125 Å². The molecule has 3 aromatic carbocycles. The van der Waals surface area contributed by atoms with Crippen LogP contribution in [0.2, 0.25) is 5.02 Å². The van der Waals surface area contributed by atoms with Crippen LogP contribution >= 0.6 is 11.6 Å². The molecule has 0 aromatic heterocycles. The van der Waals surface area contributed by atoms with Crippen LogP contribution < -0.4 is 10.6 Å². The van der Waals surface area contributed by atoms with E-state index in [0.29, 0.717) is 29.2 Å². The van der Waals surface area contributed by atoms with E-state index >= 15 is 0 Å². The zero-order chi connectivity index (χ0) is 26.9. The summed E-state index contributed by atoms with van der Waals surface area (Å²) in [6.45, 7) is 0.424. The number of nitrogens with one attached hydrogen (secondary N) is 2. The number of likely N-dealkylation sites (tertiary alicyclic amines) is 1. The molecule has 1 spiro atoms. The molecule has 0 bridgehead atoms. The van der Waals surface area contributed by atoms with Crippen LogP contribution in [0.25, 0.3) is 0 Å². The standard InChI is InChI=1S/C28H24ClN3O6/c29-20-10-11-22-21(15-20)28(38-27(37)31-22)12-13-32(16-28)25(34)23(14-17-4-2-1-3-5-17)30-24(33)18-6-8-19(9-7-18)26(35)36/h1-11,15,23H,12-14,16H2,(H,30,33)(H,31,37)(H,35,36)/t23-,28?/m0/s1. The third-order valence-electron chi connectivity index (χ3n) is 6.82. The molecule has 9 nitrogen and oxygen atoms in total. The maximum atomic E-state index is 13.8. The Labute approximate surface area is 223 Å². The van der Waals surface area contributed by atoms with Gasteiger partial charge in [-0.15, -0.1) is 0 Å². The van der Waals surface area contributed by atoms with Gasteiger partial charge in [0.05, 0.1) is 17.8 Å². The van der Waals surface area contributed by atoms with Crippen molar-refractivity contribution in [3.05, 3.63) is 100 Å². The maximum absolute atomic E-state index is 13.8. The highest BCUT2D eigenvalue weighted by Crippen LogP contribution is 2.43. The number of carboxylic acids is 1. The van der Waals surface area contributed by atoms with Crippen molar-refractivity contribution in [1.29, 1.82) is 0 Å². The average molecular weight is 534 g/mol. The third kappa shape index (κ3) is 5.05. The zero-order valence-corrected chi connectivity index (χ0v) is 20.9. The molecule has 2 aliphatic heterocycles. The van der Waals surface area contributed by atoms with Crippen molar-refractivity contribution < 1.29 is 29.0 Å². The fraction of sp³-hybridized carbons (Fsp3) is 0.214. The van der Waals surface area contributed by atoms with Gasteiger partial charge in [-0.2, -0.15) is 0 Å². The van der Waals surface area contributed by atoms with Gasteiger partial charge in [0.25, 0.3) is 5.91 Å². The van der Waals surface area contributed by atoms with Gasteiger partial charge in [0.15, 0.2) is 5.60 Å². The first-order valence-electron chi connectivity index (χ1n) is 12.0. The predicted octanol–water partition coefficient (Wildman–Crippen LogP) is 4.07. The van der Waals surface area contributed by atoms with Crippen molar-refractivity contribution in [3.63, 3.8) is 0 Å². The minimum absolute atomic E-state index is 0.0535. The minimum atomic E-state index is -1.10. The molecule has 5 rings (SSSR count). The number of carboxylic acid groups (broad SMARTS) is 1. The third-order valence-corrected chi connectivity index (χ3v) is 7.06. The average Bonchev–Trinajstić information content (AvgIpc) is 3.33. The van der Waals surface area contributed by atoms with Crippen molar-refractivity contribution in [2.24, 2.45) is 0 Å². The van der Waals surface area contributed by atoms with Gasteiger partial charge in [-0.3, -0.25) is 14.9 Å². The first kappa shape index (κ1) is 25.3. The number of hydrogen-bond donors (Lipinski definition) is 3. The molecule has 3 N–H and O–H groups in total. The molecule has 194 valence electrons. The maximum Gasteiger partial charge on any atom is 0.412 e. The second-order valence-corrected chi connectivity index (χ2v) is 9.74. The summed E-state index contributed by atoms with van der Waals surface area (Å²) in [5, 5.41) is 15.1. The number of aromatic carboxylic acids is 1. The Morgan fingerprint density at radius 2 is 1.76 bits per heavy atom. The zero-order valence-electron chi connectivity index (χ0n) is 20.1. The van der Waals surface area contributed by atoms with E-state index in [1.807, 2.05) is 30.3 Å². The van der Waals surface area contributed by atoms with E-state index in [1.54, 1.807) is 23.1 Å². The molecule has 10 heteroatoms. The second kappa shape index (κ2) is 10.2. The van der Waals surface area contributed by atoms with Gasteiger partial charge in [0.2, 0.25) is 5.91 Å². The summed E-state index contributed by atoms with van der Waals surface area (Å²) >= 11 is 6.23. The van der Waals surface area contributed by atoms with Crippen molar-refractivity contribution in [2.75, 3.05) is 18.4 Å². The van der Waals surface area contributed by atoms with Gasteiger partial charge < -0.3 is 20.1 Å². The SMILES string of the molecule is O=C1Nc2ccc(Cl)cc2C2(CCN(C(=O)[C@H](Cc3ccccc3)NC(=O)c3ccc(C(=O)O)cc3)C2)O1. The fourth-order valence-electron chi connectivity index (χ4n) is 4.92. The molecule has 38 heavy (non-hydrogen) atoms. The van der Waals surface area contributed by atoms with Gasteiger partial charge >= 0.3 is 12.1 Å². The fourth-order valence-corrected chi connectivity index (χ4v) is 5.09. The lowest BCUT2D eigenvalue weighted by Crippen LogP contribution is -2.50. The highest BCUT2D eigenvalue weighted by Gasteiger charge is 2.49. The highest BCUT2D eigenvalue weighted by molar-refractivity contribution is 6.30. The number of ether oxygens (including phenoxy) is 1. The molecule has 2 aliphatic rings. The molecule has 2 heterocycles. The molecule has 0 aliphatic carbocycles. The van der Waals surface area contributed by atoms with Crippen molar-refractivity contribution in [1.82, 2.24) is 10.2 Å². The Morgan fingerprint density at radius 1 is 1.05 bits per heavy atom. The van der Waals surface area contributed by atoms with Crippen LogP contribution in [0.3, 0.4) is 0 Å². The minimum Gasteiger partial charge on any atom is -0.478 e. The Bertz CT molecular complexity index is 1410. The van der Waals surface area contributed by atoms with Gasteiger partial charge in [-0.1, -0.05) is 41.9 Å². The number of hydrogen-bond acceptors (Lipinski definition) is 5. The second-order valence-electron chi connectivity index (χ2n) is 9.31. The molecule has 1 saturated heterocycles. The van der Waals surface area contributed by atoms with Crippen LogP contribution in [0, 0.1) is 0 Å². The summed E-state index contributed by atoms with van der Waals surface area (Å²) in [7, 11) is 0. The quantitative estimate of drug-likeness (QED) is 0.438. The monoisotopic (exact) mass is 533 g/mol. The van der Waals surface area contributed by atoms with Crippen molar-refractivity contribution in [2.45, 2.75) is 24.5 Å². The van der Waals surface area contributed by atoms with Gasteiger partial charge in [-0.05, 0) is 48.0 Å². The molecule has 3 amide bonds. The summed E-state index contributed by atoms with van der Waals surface area (Å²) in [4.78, 5) is 51.9. The number of benzene rings is 3. The molecule has 2 atom stereocenters. The molecule has 0 saturated carbocycles. The predicted molar refractivity (Wildman–Crippen MR) is 139 cm³/mol. The van der Waals surface area contributed by atoms with E-state index in [0.717, 1.165) is 5.56 Å². The number of nitrogens with zero attached hydrogens (tertiary/aromatic N) is 1. The normalized spacial score (nSPS) is 18.8. The summed E-state index contributed by atoms with van der Waals surface area (Å²) in [5.74, 6) is -1.92. The van der Waals surface area contributed by atoms with Crippen LogP contribution in [-0.4, -0.2) is 53.0 Å². The van der Waals surface area contributed by atoms with Gasteiger partial charge in [0, 0.05) is 35.5 Å². The molecule has 0 radical (unpaired) electrons. The largest absolute Gasteiger partial charge is 0.478 e. The van der Waals surface area contributed by atoms with Crippen molar-refractivity contribution in [3.8, 4) is 0 Å². The van der Waals surface area contributed by atoms with Crippen molar-refractivity contribution >= 4 is 41.2 Å². The number of carbonyl (C=O) groups excluding carboxylic acids is 3. The first-order valence-corrected chi connectivity index (χ1v) is 12.4. The van der Waals surface area contributed by atoms with E-state index in [-0.39, 0.29) is 30.0 Å². The molecular formula is C28H24ClN3O6. The van der Waals surface area contributed by atoms with Gasteiger partial charge in [-0.25, -0.2) is 9.59 Å². The summed E-state index contributed by atoms with van der Waals surface area (Å²) in [6, 6.07) is 19.0.